The van der Waals surface area contributed by atoms with E-state index in [1.54, 1.807) is 36.4 Å². The highest BCUT2D eigenvalue weighted by molar-refractivity contribution is 6.05. The summed E-state index contributed by atoms with van der Waals surface area (Å²) in [4.78, 5) is 17.5. The number of aliphatic imine (C=N–C) groups is 1. The average molecular weight is 513 g/mol. The number of nitrogens with zero attached hydrogens (tertiary/aromatic N) is 3. The first kappa shape index (κ1) is 24.2. The molecule has 0 spiro atoms. The summed E-state index contributed by atoms with van der Waals surface area (Å²) in [5, 5.41) is 27.7. The van der Waals surface area contributed by atoms with Crippen LogP contribution in [0, 0.1) is 22.7 Å². The fourth-order valence-corrected chi connectivity index (χ4v) is 4.70. The van der Waals surface area contributed by atoms with Gasteiger partial charge >= 0.3 is 0 Å². The number of nitriles is 2. The van der Waals surface area contributed by atoms with Gasteiger partial charge in [0.15, 0.2) is 6.23 Å². The van der Waals surface area contributed by atoms with Crippen LogP contribution in [0.15, 0.2) is 101 Å². The van der Waals surface area contributed by atoms with E-state index in [1.165, 1.54) is 0 Å². The van der Waals surface area contributed by atoms with E-state index in [2.05, 4.69) is 41.1 Å². The maximum absolute atomic E-state index is 12.5. The number of rotatable bonds is 6. The molecule has 3 aromatic rings. The van der Waals surface area contributed by atoms with Crippen molar-refractivity contribution in [2.24, 2.45) is 4.99 Å². The van der Waals surface area contributed by atoms with Crippen LogP contribution < -0.4 is 16.0 Å². The summed E-state index contributed by atoms with van der Waals surface area (Å²) in [5.41, 5.74) is 5.88. The Morgan fingerprint density at radius 2 is 1.67 bits per heavy atom. The highest BCUT2D eigenvalue weighted by Gasteiger charge is 2.42. The number of amides is 1. The smallest absolute Gasteiger partial charge is 0.255 e. The molecular formula is C31H24N6O2. The average Bonchev–Trinajstić information content (AvgIpc) is 3.65. The van der Waals surface area contributed by atoms with E-state index in [0.29, 0.717) is 22.4 Å². The molecule has 8 heteroatoms. The zero-order valence-electron chi connectivity index (χ0n) is 21.1. The Balaban J connectivity index is 1.08. The number of allylic oxidation sites excluding steroid dienone is 1. The van der Waals surface area contributed by atoms with Gasteiger partial charge in [0.05, 0.1) is 23.3 Å². The summed E-state index contributed by atoms with van der Waals surface area (Å²) in [6, 6.07) is 25.7. The number of carbonyl (C=O) groups is 1. The summed E-state index contributed by atoms with van der Waals surface area (Å²) in [6.07, 6.45) is 4.80. The molecule has 3 aromatic carbocycles. The molecule has 1 amide bonds. The molecule has 1 saturated heterocycles. The predicted molar refractivity (Wildman–Crippen MR) is 146 cm³/mol. The van der Waals surface area contributed by atoms with E-state index in [0.717, 1.165) is 34.8 Å². The van der Waals surface area contributed by atoms with Gasteiger partial charge in [-0.05, 0) is 85.6 Å². The summed E-state index contributed by atoms with van der Waals surface area (Å²) < 4.78 is 5.83. The fourth-order valence-electron chi connectivity index (χ4n) is 4.70. The molecule has 1 fully saturated rings. The van der Waals surface area contributed by atoms with Crippen LogP contribution in [-0.2, 0) is 4.74 Å². The van der Waals surface area contributed by atoms with Crippen molar-refractivity contribution in [3.05, 3.63) is 124 Å². The zero-order chi connectivity index (χ0) is 27.0. The SMILES string of the molecule is CC12CC=C(NC3OC3c3ccc(C#N)cc3)C=C1NC(c1ccc(NC(=O)c3ccc(C#N)cc3)cc1)=N2. The van der Waals surface area contributed by atoms with E-state index in [4.69, 9.17) is 20.3 Å². The molecule has 0 saturated carbocycles. The highest BCUT2D eigenvalue weighted by Crippen LogP contribution is 2.39. The molecule has 3 atom stereocenters. The van der Waals surface area contributed by atoms with Crippen LogP contribution >= 0.6 is 0 Å². The number of fused-ring (bicyclic) bond motifs is 1. The zero-order valence-corrected chi connectivity index (χ0v) is 21.1. The Morgan fingerprint density at radius 1 is 1.00 bits per heavy atom. The van der Waals surface area contributed by atoms with Gasteiger partial charge in [-0.15, -0.1) is 0 Å². The standard InChI is InChI=1S/C31H24N6O2/c1-31-15-14-25(35-30-27(39-30)21-6-2-19(17-32)3-7-21)16-26(31)36-28(37-31)22-10-12-24(13-11-22)34-29(38)23-8-4-20(18-33)5-9-23/h2-14,16,27,30,35H,15H2,1H3,(H,34,38)(H,36,37). The molecule has 3 N–H and O–H groups in total. The minimum Gasteiger partial charge on any atom is -0.358 e. The van der Waals surface area contributed by atoms with Crippen molar-refractivity contribution in [2.75, 3.05) is 5.32 Å². The van der Waals surface area contributed by atoms with Crippen molar-refractivity contribution >= 4 is 17.4 Å². The summed E-state index contributed by atoms with van der Waals surface area (Å²) in [6.45, 7) is 2.10. The normalized spacial score (nSPS) is 22.6. The largest absolute Gasteiger partial charge is 0.358 e. The molecule has 3 aliphatic rings. The Morgan fingerprint density at radius 3 is 2.33 bits per heavy atom. The topological polar surface area (TPSA) is 126 Å². The number of carbonyl (C=O) groups excluding carboxylic acids is 1. The Hall–Kier alpha value is -5.18. The first-order valence-electron chi connectivity index (χ1n) is 12.6. The molecule has 6 rings (SSSR count). The second-order valence-corrected chi connectivity index (χ2v) is 9.86. The Labute approximate surface area is 225 Å². The van der Waals surface area contributed by atoms with Gasteiger partial charge in [-0.2, -0.15) is 10.5 Å². The monoisotopic (exact) mass is 512 g/mol. The number of hydrogen-bond donors (Lipinski definition) is 3. The quantitative estimate of drug-likeness (QED) is 0.413. The summed E-state index contributed by atoms with van der Waals surface area (Å²) in [7, 11) is 0. The Bertz CT molecular complexity index is 1620. The second-order valence-electron chi connectivity index (χ2n) is 9.86. The lowest BCUT2D eigenvalue weighted by molar-refractivity contribution is 0.102. The molecule has 2 aliphatic heterocycles. The van der Waals surface area contributed by atoms with Crippen LogP contribution in [0.2, 0.25) is 0 Å². The van der Waals surface area contributed by atoms with Gasteiger partial charge in [0, 0.05) is 28.2 Å². The van der Waals surface area contributed by atoms with Crippen LogP contribution in [-0.4, -0.2) is 23.5 Å². The maximum atomic E-state index is 12.5. The molecule has 39 heavy (non-hydrogen) atoms. The van der Waals surface area contributed by atoms with Gasteiger partial charge in [-0.1, -0.05) is 18.2 Å². The van der Waals surface area contributed by atoms with Gasteiger partial charge in [0.1, 0.15) is 17.5 Å². The molecule has 0 bridgehead atoms. The van der Waals surface area contributed by atoms with Gasteiger partial charge in [0.2, 0.25) is 0 Å². The molecule has 0 aromatic heterocycles. The molecule has 1 aliphatic carbocycles. The number of epoxide rings is 1. The van der Waals surface area contributed by atoms with Crippen molar-refractivity contribution in [1.29, 1.82) is 10.5 Å². The number of hydrogen-bond acceptors (Lipinski definition) is 7. The maximum Gasteiger partial charge on any atom is 0.255 e. The number of anilines is 1. The van der Waals surface area contributed by atoms with Gasteiger partial charge in [-0.25, -0.2) is 0 Å². The number of nitrogens with one attached hydrogen (secondary N) is 3. The minimum absolute atomic E-state index is 0.0374. The molecular weight excluding hydrogens is 488 g/mol. The minimum atomic E-state index is -0.375. The van der Waals surface area contributed by atoms with E-state index >= 15 is 0 Å². The van der Waals surface area contributed by atoms with Gasteiger partial charge < -0.3 is 20.7 Å². The lowest BCUT2D eigenvalue weighted by Gasteiger charge is -2.25. The van der Waals surface area contributed by atoms with Crippen molar-refractivity contribution < 1.29 is 9.53 Å². The first-order valence-corrected chi connectivity index (χ1v) is 12.6. The van der Waals surface area contributed by atoms with Crippen LogP contribution in [0.3, 0.4) is 0 Å². The third kappa shape index (κ3) is 4.89. The van der Waals surface area contributed by atoms with Crippen LogP contribution in [0.4, 0.5) is 5.69 Å². The summed E-state index contributed by atoms with van der Waals surface area (Å²) in [5.74, 6) is 0.543. The van der Waals surface area contributed by atoms with Gasteiger partial charge in [0.25, 0.3) is 5.91 Å². The third-order valence-corrected chi connectivity index (χ3v) is 7.07. The van der Waals surface area contributed by atoms with Crippen LogP contribution in [0.5, 0.6) is 0 Å². The van der Waals surface area contributed by atoms with Gasteiger partial charge in [-0.3, -0.25) is 9.79 Å². The third-order valence-electron chi connectivity index (χ3n) is 7.07. The number of amidine groups is 1. The van der Waals surface area contributed by atoms with Crippen molar-refractivity contribution in [3.8, 4) is 12.1 Å². The van der Waals surface area contributed by atoms with Crippen molar-refractivity contribution in [2.45, 2.75) is 31.2 Å². The number of ether oxygens (including phenoxy) is 1. The highest BCUT2D eigenvalue weighted by atomic mass is 16.6. The first-order chi connectivity index (χ1) is 18.9. The van der Waals surface area contributed by atoms with E-state index in [-0.39, 0.29) is 23.8 Å². The lowest BCUT2D eigenvalue weighted by atomic mass is 9.90. The molecule has 3 unspecified atom stereocenters. The predicted octanol–water partition coefficient (Wildman–Crippen LogP) is 4.65. The number of benzene rings is 3. The molecule has 0 radical (unpaired) electrons. The molecule has 8 nitrogen and oxygen atoms in total. The van der Waals surface area contributed by atoms with Crippen molar-refractivity contribution in [3.63, 3.8) is 0 Å². The fraction of sp³-hybridized carbons (Fsp3) is 0.161. The second kappa shape index (κ2) is 9.60. The van der Waals surface area contributed by atoms with E-state index in [9.17, 15) is 4.79 Å². The van der Waals surface area contributed by atoms with E-state index in [1.807, 2.05) is 42.5 Å². The van der Waals surface area contributed by atoms with Crippen LogP contribution in [0.25, 0.3) is 0 Å². The summed E-state index contributed by atoms with van der Waals surface area (Å²) >= 11 is 0. The van der Waals surface area contributed by atoms with Crippen LogP contribution in [0.1, 0.15) is 52.1 Å². The van der Waals surface area contributed by atoms with Crippen molar-refractivity contribution in [1.82, 2.24) is 10.6 Å². The van der Waals surface area contributed by atoms with E-state index < -0.39 is 0 Å². The molecule has 2 heterocycles. The lowest BCUT2D eigenvalue weighted by Crippen LogP contribution is -2.31. The molecule has 190 valence electrons. The Kier molecular flexibility index (Phi) is 5.95.